The van der Waals surface area contributed by atoms with Crippen LogP contribution in [0.2, 0.25) is 0 Å². The summed E-state index contributed by atoms with van der Waals surface area (Å²) in [7, 11) is 0. The van der Waals surface area contributed by atoms with Gasteiger partial charge in [-0.1, -0.05) is 12.2 Å². The summed E-state index contributed by atoms with van der Waals surface area (Å²) in [5.41, 5.74) is 7.56. The maximum Gasteiger partial charge on any atom is 0.00207 e. The second-order valence-electron chi connectivity index (χ2n) is 4.38. The van der Waals surface area contributed by atoms with Crippen molar-refractivity contribution in [3.8, 4) is 0 Å². The number of nitrogens with one attached hydrogen (secondary N) is 1. The van der Waals surface area contributed by atoms with Gasteiger partial charge in [-0.2, -0.15) is 0 Å². The highest BCUT2D eigenvalue weighted by atomic mass is 15.0. The van der Waals surface area contributed by atoms with E-state index in [1.165, 1.54) is 31.5 Å². The van der Waals surface area contributed by atoms with Crippen LogP contribution in [0, 0.1) is 11.3 Å². The molecule has 0 aromatic carbocycles. The fraction of sp³-hybridized carbons (Fsp3) is 0.636. The molecule has 72 valence electrons. The summed E-state index contributed by atoms with van der Waals surface area (Å²) >= 11 is 0. The predicted molar refractivity (Wildman–Crippen MR) is 55.1 cm³/mol. The monoisotopic (exact) mass is 178 g/mol. The van der Waals surface area contributed by atoms with E-state index < -0.39 is 0 Å². The van der Waals surface area contributed by atoms with Gasteiger partial charge in [0.05, 0.1) is 0 Å². The van der Waals surface area contributed by atoms with E-state index in [-0.39, 0.29) is 0 Å². The first-order chi connectivity index (χ1) is 6.29. The van der Waals surface area contributed by atoms with Gasteiger partial charge in [-0.25, -0.2) is 0 Å². The normalized spacial score (nSPS) is 27.6. The molecule has 2 aliphatic rings. The van der Waals surface area contributed by atoms with E-state index in [4.69, 9.17) is 5.73 Å². The molecule has 2 rings (SSSR count). The largest absolute Gasteiger partial charge is 0.404 e. The highest BCUT2D eigenvalue weighted by molar-refractivity contribution is 5.25. The average molecular weight is 178 g/mol. The van der Waals surface area contributed by atoms with Crippen molar-refractivity contribution in [1.82, 2.24) is 5.32 Å². The zero-order chi connectivity index (χ0) is 9.31. The SMILES string of the molecule is C/C=C\C(=C/N)C1CC2(CNC2)C1. The number of hydrogen-bond acceptors (Lipinski definition) is 2. The third-order valence-corrected chi connectivity index (χ3v) is 3.38. The van der Waals surface area contributed by atoms with Crippen molar-refractivity contribution in [3.63, 3.8) is 0 Å². The molecule has 0 amide bonds. The first-order valence-electron chi connectivity index (χ1n) is 5.05. The van der Waals surface area contributed by atoms with E-state index in [9.17, 15) is 0 Å². The minimum absolute atomic E-state index is 0.653. The Balaban J connectivity index is 1.90. The summed E-state index contributed by atoms with van der Waals surface area (Å²) in [6.07, 6.45) is 8.64. The molecule has 0 aromatic rings. The molecule has 2 heteroatoms. The lowest BCUT2D eigenvalue weighted by Crippen LogP contribution is -2.60. The van der Waals surface area contributed by atoms with Crippen molar-refractivity contribution >= 4 is 0 Å². The lowest BCUT2D eigenvalue weighted by Gasteiger charge is -2.54. The summed E-state index contributed by atoms with van der Waals surface area (Å²) in [5, 5.41) is 3.34. The van der Waals surface area contributed by atoms with Crippen molar-refractivity contribution in [2.45, 2.75) is 19.8 Å². The number of nitrogens with two attached hydrogens (primary N) is 1. The van der Waals surface area contributed by atoms with Gasteiger partial charge in [-0.05, 0) is 42.9 Å². The highest BCUT2D eigenvalue weighted by Gasteiger charge is 2.48. The van der Waals surface area contributed by atoms with Crippen molar-refractivity contribution in [1.29, 1.82) is 0 Å². The first-order valence-corrected chi connectivity index (χ1v) is 5.05. The molecule has 0 atom stereocenters. The smallest absolute Gasteiger partial charge is 0.00207 e. The second-order valence-corrected chi connectivity index (χ2v) is 4.38. The Kier molecular flexibility index (Phi) is 2.16. The van der Waals surface area contributed by atoms with Crippen LogP contribution in [0.5, 0.6) is 0 Å². The third kappa shape index (κ3) is 1.39. The van der Waals surface area contributed by atoms with Crippen LogP contribution in [0.15, 0.2) is 23.9 Å². The summed E-state index contributed by atoms with van der Waals surface area (Å²) in [5.74, 6) is 0.725. The highest BCUT2D eigenvalue weighted by Crippen LogP contribution is 2.51. The summed E-state index contributed by atoms with van der Waals surface area (Å²) in [6, 6.07) is 0. The van der Waals surface area contributed by atoms with Gasteiger partial charge in [0.2, 0.25) is 0 Å². The molecule has 0 unspecified atom stereocenters. The lowest BCUT2D eigenvalue weighted by atomic mass is 9.57. The van der Waals surface area contributed by atoms with Crippen LogP contribution >= 0.6 is 0 Å². The maximum absolute atomic E-state index is 5.59. The predicted octanol–water partition coefficient (Wildman–Crippen LogP) is 1.40. The topological polar surface area (TPSA) is 38.0 Å². The molecule has 1 heterocycles. The molecule has 2 nitrogen and oxygen atoms in total. The Bertz CT molecular complexity index is 241. The van der Waals surface area contributed by atoms with Crippen LogP contribution in [0.25, 0.3) is 0 Å². The zero-order valence-corrected chi connectivity index (χ0v) is 8.22. The van der Waals surface area contributed by atoms with Gasteiger partial charge < -0.3 is 11.1 Å². The van der Waals surface area contributed by atoms with Gasteiger partial charge >= 0.3 is 0 Å². The lowest BCUT2D eigenvalue weighted by molar-refractivity contribution is 0.0187. The zero-order valence-electron chi connectivity index (χ0n) is 8.22. The minimum Gasteiger partial charge on any atom is -0.404 e. The molecular formula is C11H18N2. The second kappa shape index (κ2) is 3.18. The van der Waals surface area contributed by atoms with Crippen molar-refractivity contribution in [2.75, 3.05) is 13.1 Å². The molecule has 2 fully saturated rings. The van der Waals surface area contributed by atoms with Crippen molar-refractivity contribution in [2.24, 2.45) is 17.1 Å². The van der Waals surface area contributed by atoms with Gasteiger partial charge in [0, 0.05) is 13.1 Å². The average Bonchev–Trinajstić information content (AvgIpc) is 1.97. The Labute approximate surface area is 79.9 Å². The van der Waals surface area contributed by atoms with Gasteiger partial charge in [-0.15, -0.1) is 0 Å². The Morgan fingerprint density at radius 3 is 2.54 bits per heavy atom. The minimum atomic E-state index is 0.653. The van der Waals surface area contributed by atoms with Crippen LogP contribution in [-0.2, 0) is 0 Å². The molecular weight excluding hydrogens is 160 g/mol. The van der Waals surface area contributed by atoms with E-state index >= 15 is 0 Å². The van der Waals surface area contributed by atoms with Gasteiger partial charge in [0.25, 0.3) is 0 Å². The van der Waals surface area contributed by atoms with Crippen LogP contribution in [-0.4, -0.2) is 13.1 Å². The number of hydrogen-bond donors (Lipinski definition) is 2. The quantitative estimate of drug-likeness (QED) is 0.627. The number of rotatable bonds is 2. The first kappa shape index (κ1) is 8.82. The maximum atomic E-state index is 5.59. The molecule has 0 radical (unpaired) electrons. The molecule has 1 saturated carbocycles. The van der Waals surface area contributed by atoms with Crippen molar-refractivity contribution < 1.29 is 0 Å². The standard InChI is InChI=1S/C11H18N2/c1-2-3-9(6-12)10-4-11(5-10)7-13-8-11/h2-3,6,10,13H,4-5,7-8,12H2,1H3/b3-2-,9-6+. The number of allylic oxidation sites excluding steroid dienone is 3. The van der Waals surface area contributed by atoms with Gasteiger partial charge in [0.15, 0.2) is 0 Å². The Morgan fingerprint density at radius 1 is 1.46 bits per heavy atom. The van der Waals surface area contributed by atoms with Gasteiger partial charge in [-0.3, -0.25) is 0 Å². The van der Waals surface area contributed by atoms with E-state index in [1.807, 2.05) is 6.92 Å². The third-order valence-electron chi connectivity index (χ3n) is 3.38. The van der Waals surface area contributed by atoms with Crippen LogP contribution < -0.4 is 11.1 Å². The molecule has 1 saturated heterocycles. The van der Waals surface area contributed by atoms with E-state index in [1.54, 1.807) is 6.20 Å². The van der Waals surface area contributed by atoms with Crippen molar-refractivity contribution in [3.05, 3.63) is 23.9 Å². The summed E-state index contributed by atoms with van der Waals surface area (Å²) in [6.45, 7) is 4.48. The summed E-state index contributed by atoms with van der Waals surface area (Å²) < 4.78 is 0. The van der Waals surface area contributed by atoms with E-state index in [2.05, 4.69) is 17.5 Å². The van der Waals surface area contributed by atoms with Crippen LogP contribution in [0.3, 0.4) is 0 Å². The molecule has 13 heavy (non-hydrogen) atoms. The molecule has 0 bridgehead atoms. The molecule has 0 aromatic heterocycles. The van der Waals surface area contributed by atoms with Gasteiger partial charge in [0.1, 0.15) is 0 Å². The molecule has 3 N–H and O–H groups in total. The molecule has 1 aliphatic carbocycles. The molecule has 1 spiro atoms. The molecule has 1 aliphatic heterocycles. The van der Waals surface area contributed by atoms with E-state index in [0.29, 0.717) is 5.41 Å². The fourth-order valence-electron chi connectivity index (χ4n) is 2.51. The van der Waals surface area contributed by atoms with Crippen LogP contribution in [0.1, 0.15) is 19.8 Å². The van der Waals surface area contributed by atoms with Crippen LogP contribution in [0.4, 0.5) is 0 Å². The fourth-order valence-corrected chi connectivity index (χ4v) is 2.51. The Morgan fingerprint density at radius 2 is 2.15 bits per heavy atom. The van der Waals surface area contributed by atoms with E-state index in [0.717, 1.165) is 5.92 Å². The summed E-state index contributed by atoms with van der Waals surface area (Å²) in [4.78, 5) is 0. The Hall–Kier alpha value is -0.760.